The van der Waals surface area contributed by atoms with E-state index in [1.807, 2.05) is 12.1 Å². The first-order chi connectivity index (χ1) is 14.1. The van der Waals surface area contributed by atoms with E-state index >= 15 is 0 Å². The zero-order chi connectivity index (χ0) is 20.4. The molecule has 4 rings (SSSR count). The molecule has 0 radical (unpaired) electrons. The molecule has 2 aromatic carbocycles. The van der Waals surface area contributed by atoms with Crippen LogP contribution in [0.5, 0.6) is 5.75 Å². The molecule has 29 heavy (non-hydrogen) atoms. The molecule has 0 N–H and O–H groups in total. The van der Waals surface area contributed by atoms with Crippen LogP contribution in [0.15, 0.2) is 54.6 Å². The van der Waals surface area contributed by atoms with Gasteiger partial charge in [-0.1, -0.05) is 24.3 Å². The standard InChI is InChI=1S/C23H22N2O4/c1-29-17-12-9-16(10-13-17)11-14-21(26)25-19-7-3-2-6-18(19)22(27)24-15-5-4-8-20(24)23(25)28/h2-3,6-7,9-14,20H,4-5,8,15H2,1H3/b14-11+. The van der Waals surface area contributed by atoms with Gasteiger partial charge in [0.2, 0.25) is 0 Å². The van der Waals surface area contributed by atoms with Gasteiger partial charge in [-0.15, -0.1) is 0 Å². The van der Waals surface area contributed by atoms with Gasteiger partial charge < -0.3 is 9.64 Å². The van der Waals surface area contributed by atoms with Gasteiger partial charge in [-0.25, -0.2) is 4.90 Å². The summed E-state index contributed by atoms with van der Waals surface area (Å²) >= 11 is 0. The predicted octanol–water partition coefficient (Wildman–Crippen LogP) is 3.28. The number of carbonyl (C=O) groups excluding carboxylic acids is 3. The van der Waals surface area contributed by atoms with Gasteiger partial charge in [-0.2, -0.15) is 0 Å². The van der Waals surface area contributed by atoms with E-state index in [-0.39, 0.29) is 11.8 Å². The third kappa shape index (κ3) is 3.53. The molecule has 0 aromatic heterocycles. The number of methoxy groups -OCH3 is 1. The molecule has 6 nitrogen and oxygen atoms in total. The summed E-state index contributed by atoms with van der Waals surface area (Å²) < 4.78 is 5.14. The molecule has 1 atom stereocenters. The number of nitrogens with zero attached hydrogens (tertiary/aromatic N) is 2. The number of imide groups is 1. The lowest BCUT2D eigenvalue weighted by Crippen LogP contribution is -2.51. The van der Waals surface area contributed by atoms with E-state index in [2.05, 4.69) is 0 Å². The van der Waals surface area contributed by atoms with Crippen molar-refractivity contribution in [3.05, 3.63) is 65.7 Å². The number of ether oxygens (including phenoxy) is 1. The van der Waals surface area contributed by atoms with E-state index in [1.165, 1.54) is 6.08 Å². The number of fused-ring (bicyclic) bond motifs is 2. The van der Waals surface area contributed by atoms with Gasteiger partial charge >= 0.3 is 0 Å². The molecule has 0 aliphatic carbocycles. The first kappa shape index (κ1) is 18.9. The van der Waals surface area contributed by atoms with Crippen molar-refractivity contribution in [3.63, 3.8) is 0 Å². The molecule has 1 fully saturated rings. The molecule has 148 valence electrons. The summed E-state index contributed by atoms with van der Waals surface area (Å²) in [6.45, 7) is 0.535. The molecule has 3 amide bonds. The first-order valence-electron chi connectivity index (χ1n) is 9.70. The topological polar surface area (TPSA) is 66.9 Å². The second-order valence-electron chi connectivity index (χ2n) is 7.15. The summed E-state index contributed by atoms with van der Waals surface area (Å²) in [7, 11) is 1.59. The number of benzene rings is 2. The van der Waals surface area contributed by atoms with Crippen LogP contribution in [0, 0.1) is 0 Å². The van der Waals surface area contributed by atoms with Crippen LogP contribution in [0.25, 0.3) is 6.08 Å². The highest BCUT2D eigenvalue weighted by molar-refractivity contribution is 6.25. The highest BCUT2D eigenvalue weighted by Crippen LogP contribution is 2.32. The SMILES string of the molecule is COc1ccc(/C=C/C(=O)N2C(=O)C3CCCCN3C(=O)c3ccccc32)cc1. The van der Waals surface area contributed by atoms with E-state index < -0.39 is 11.9 Å². The lowest BCUT2D eigenvalue weighted by atomic mass is 10.0. The Kier molecular flexibility index (Phi) is 5.16. The number of para-hydroxylation sites is 1. The minimum Gasteiger partial charge on any atom is -0.497 e. The van der Waals surface area contributed by atoms with Crippen molar-refractivity contribution in [2.45, 2.75) is 25.3 Å². The Labute approximate surface area is 169 Å². The Bertz CT molecular complexity index is 981. The van der Waals surface area contributed by atoms with E-state index in [4.69, 9.17) is 4.74 Å². The van der Waals surface area contributed by atoms with Crippen LogP contribution in [0.4, 0.5) is 5.69 Å². The monoisotopic (exact) mass is 390 g/mol. The summed E-state index contributed by atoms with van der Waals surface area (Å²) in [5, 5.41) is 0. The van der Waals surface area contributed by atoms with Crippen LogP contribution in [0.3, 0.4) is 0 Å². The maximum atomic E-state index is 13.3. The third-order valence-corrected chi connectivity index (χ3v) is 5.40. The molecule has 2 heterocycles. The first-order valence-corrected chi connectivity index (χ1v) is 9.70. The van der Waals surface area contributed by atoms with Gasteiger partial charge in [0, 0.05) is 12.6 Å². The van der Waals surface area contributed by atoms with Crippen LogP contribution >= 0.6 is 0 Å². The maximum absolute atomic E-state index is 13.3. The molecule has 6 heteroatoms. The van der Waals surface area contributed by atoms with Crippen molar-refractivity contribution < 1.29 is 19.1 Å². The molecule has 0 bridgehead atoms. The van der Waals surface area contributed by atoms with Crippen molar-refractivity contribution in [2.24, 2.45) is 0 Å². The van der Waals surface area contributed by atoms with Gasteiger partial charge in [0.25, 0.3) is 17.7 Å². The number of anilines is 1. The summed E-state index contributed by atoms with van der Waals surface area (Å²) in [4.78, 5) is 42.2. The molecule has 2 aliphatic heterocycles. The molecule has 1 saturated heterocycles. The Morgan fingerprint density at radius 3 is 2.59 bits per heavy atom. The van der Waals surface area contributed by atoms with Crippen LogP contribution < -0.4 is 9.64 Å². The Hall–Kier alpha value is -3.41. The lowest BCUT2D eigenvalue weighted by Gasteiger charge is -2.33. The van der Waals surface area contributed by atoms with Gasteiger partial charge in [-0.3, -0.25) is 14.4 Å². The highest BCUT2D eigenvalue weighted by atomic mass is 16.5. The fraction of sp³-hybridized carbons (Fsp3) is 0.261. The number of piperidine rings is 1. The van der Waals surface area contributed by atoms with Gasteiger partial charge in [0.1, 0.15) is 11.8 Å². The van der Waals surface area contributed by atoms with Crippen LogP contribution in [0.2, 0.25) is 0 Å². The van der Waals surface area contributed by atoms with Gasteiger partial charge in [-0.05, 0) is 55.2 Å². The molecule has 2 aliphatic rings. The zero-order valence-corrected chi connectivity index (χ0v) is 16.2. The maximum Gasteiger partial charge on any atom is 0.257 e. The average molecular weight is 390 g/mol. The van der Waals surface area contributed by atoms with E-state index in [0.717, 1.165) is 29.1 Å². The third-order valence-electron chi connectivity index (χ3n) is 5.40. The van der Waals surface area contributed by atoms with Gasteiger partial charge in [0.05, 0.1) is 18.4 Å². The van der Waals surface area contributed by atoms with E-state index in [0.29, 0.717) is 24.2 Å². The zero-order valence-electron chi connectivity index (χ0n) is 16.2. The van der Waals surface area contributed by atoms with Crippen LogP contribution in [0.1, 0.15) is 35.2 Å². The molecule has 0 saturated carbocycles. The quantitative estimate of drug-likeness (QED) is 0.755. The van der Waals surface area contributed by atoms with Crippen molar-refractivity contribution in [1.29, 1.82) is 0 Å². The largest absolute Gasteiger partial charge is 0.497 e. The minimum atomic E-state index is -0.595. The van der Waals surface area contributed by atoms with Gasteiger partial charge in [0.15, 0.2) is 0 Å². The summed E-state index contributed by atoms with van der Waals surface area (Å²) in [6, 6.07) is 13.5. The normalized spacial score (nSPS) is 19.0. The highest BCUT2D eigenvalue weighted by Gasteiger charge is 2.42. The minimum absolute atomic E-state index is 0.187. The Balaban J connectivity index is 1.69. The lowest BCUT2D eigenvalue weighted by molar-refractivity contribution is -0.128. The molecule has 0 spiro atoms. The summed E-state index contributed by atoms with van der Waals surface area (Å²) in [6.07, 6.45) is 5.33. The molecule has 1 unspecified atom stereocenters. The van der Waals surface area contributed by atoms with Crippen molar-refractivity contribution in [1.82, 2.24) is 4.90 Å². The second kappa shape index (κ2) is 7.91. The molecule has 2 aromatic rings. The smallest absolute Gasteiger partial charge is 0.257 e. The van der Waals surface area contributed by atoms with Crippen molar-refractivity contribution >= 4 is 29.5 Å². The van der Waals surface area contributed by atoms with Crippen molar-refractivity contribution in [2.75, 3.05) is 18.6 Å². The molecular weight excluding hydrogens is 368 g/mol. The Morgan fingerprint density at radius 1 is 1.07 bits per heavy atom. The van der Waals surface area contributed by atoms with E-state index in [9.17, 15) is 14.4 Å². The summed E-state index contributed by atoms with van der Waals surface area (Å²) in [5.41, 5.74) is 1.54. The van der Waals surface area contributed by atoms with Crippen molar-refractivity contribution in [3.8, 4) is 5.75 Å². The van der Waals surface area contributed by atoms with Crippen LogP contribution in [-0.2, 0) is 9.59 Å². The fourth-order valence-corrected chi connectivity index (χ4v) is 3.89. The second-order valence-corrected chi connectivity index (χ2v) is 7.15. The number of rotatable bonds is 3. The molecular formula is C23H22N2O4. The predicted molar refractivity (Wildman–Crippen MR) is 110 cm³/mol. The number of amides is 3. The van der Waals surface area contributed by atoms with Crippen LogP contribution in [-0.4, -0.2) is 42.3 Å². The fourth-order valence-electron chi connectivity index (χ4n) is 3.89. The number of hydrogen-bond acceptors (Lipinski definition) is 4. The summed E-state index contributed by atoms with van der Waals surface area (Å²) in [5.74, 6) is -0.264. The number of hydrogen-bond donors (Lipinski definition) is 0. The Morgan fingerprint density at radius 2 is 1.83 bits per heavy atom. The number of carbonyl (C=O) groups is 3. The van der Waals surface area contributed by atoms with E-state index in [1.54, 1.807) is 54.5 Å². The average Bonchev–Trinajstić information content (AvgIpc) is 2.86.